The highest BCUT2D eigenvalue weighted by molar-refractivity contribution is 7.10. The van der Waals surface area contributed by atoms with Crippen molar-refractivity contribution < 1.29 is 14.3 Å². The van der Waals surface area contributed by atoms with E-state index in [9.17, 15) is 9.59 Å². The predicted molar refractivity (Wildman–Crippen MR) is 88.4 cm³/mol. The minimum absolute atomic E-state index is 0.160. The Kier molecular flexibility index (Phi) is 5.64. The highest BCUT2D eigenvalue weighted by Gasteiger charge is 2.25. The van der Waals surface area contributed by atoms with Gasteiger partial charge in [0.1, 0.15) is 0 Å². The number of piperazine rings is 1. The van der Waals surface area contributed by atoms with Crippen LogP contribution in [0.2, 0.25) is 0 Å². The summed E-state index contributed by atoms with van der Waals surface area (Å²) in [5, 5.41) is 1.99. The summed E-state index contributed by atoms with van der Waals surface area (Å²) in [6.07, 6.45) is 0.472. The van der Waals surface area contributed by atoms with Crippen LogP contribution in [0.1, 0.15) is 4.88 Å². The van der Waals surface area contributed by atoms with Gasteiger partial charge in [0, 0.05) is 44.1 Å². The zero-order chi connectivity index (χ0) is 16.1. The van der Waals surface area contributed by atoms with Gasteiger partial charge in [0.25, 0.3) is 0 Å². The summed E-state index contributed by atoms with van der Waals surface area (Å²) >= 11 is 1.61. The highest BCUT2D eigenvalue weighted by Crippen LogP contribution is 2.12. The van der Waals surface area contributed by atoms with Crippen LogP contribution in [0.4, 0.5) is 0 Å². The largest absolute Gasteiger partial charge is 0.379 e. The number of rotatable bonds is 4. The quantitative estimate of drug-likeness (QED) is 0.793. The number of amides is 2. The van der Waals surface area contributed by atoms with E-state index in [1.807, 2.05) is 27.3 Å². The lowest BCUT2D eigenvalue weighted by molar-refractivity contribution is -0.140. The molecule has 0 spiro atoms. The molecule has 0 bridgehead atoms. The molecule has 3 heterocycles. The van der Waals surface area contributed by atoms with Crippen molar-refractivity contribution in [2.45, 2.75) is 6.42 Å². The molecule has 2 saturated heterocycles. The van der Waals surface area contributed by atoms with Crippen LogP contribution in [-0.2, 0) is 20.7 Å². The first-order valence-corrected chi connectivity index (χ1v) is 8.98. The van der Waals surface area contributed by atoms with Crippen molar-refractivity contribution in [2.75, 3.05) is 59.0 Å². The zero-order valence-corrected chi connectivity index (χ0v) is 14.1. The fourth-order valence-electron chi connectivity index (χ4n) is 2.93. The summed E-state index contributed by atoms with van der Waals surface area (Å²) < 4.78 is 5.30. The van der Waals surface area contributed by atoms with Crippen molar-refractivity contribution in [3.63, 3.8) is 0 Å². The maximum absolute atomic E-state index is 12.3. The molecule has 0 aromatic carbocycles. The monoisotopic (exact) mass is 337 g/mol. The molecule has 7 heteroatoms. The Labute approximate surface area is 140 Å². The Bertz CT molecular complexity index is 521. The van der Waals surface area contributed by atoms with Crippen molar-refractivity contribution in [1.29, 1.82) is 0 Å². The van der Waals surface area contributed by atoms with E-state index in [4.69, 9.17) is 4.74 Å². The van der Waals surface area contributed by atoms with Crippen LogP contribution in [0.15, 0.2) is 17.5 Å². The van der Waals surface area contributed by atoms with Crippen molar-refractivity contribution in [3.8, 4) is 0 Å². The lowest BCUT2D eigenvalue weighted by Gasteiger charge is -2.36. The molecule has 1 aromatic heterocycles. The second-order valence-corrected chi connectivity index (χ2v) is 6.94. The van der Waals surface area contributed by atoms with Gasteiger partial charge in [-0.2, -0.15) is 0 Å². The lowest BCUT2D eigenvalue weighted by atomic mass is 10.2. The van der Waals surface area contributed by atoms with Gasteiger partial charge in [-0.3, -0.25) is 14.5 Å². The van der Waals surface area contributed by atoms with E-state index in [1.54, 1.807) is 11.3 Å². The van der Waals surface area contributed by atoms with E-state index in [0.717, 1.165) is 18.0 Å². The van der Waals surface area contributed by atoms with Crippen LogP contribution in [0.5, 0.6) is 0 Å². The Hall–Kier alpha value is -1.44. The molecule has 2 amide bonds. The van der Waals surface area contributed by atoms with Gasteiger partial charge in [-0.05, 0) is 11.4 Å². The topological polar surface area (TPSA) is 53.1 Å². The number of hydrogen-bond donors (Lipinski definition) is 0. The SMILES string of the molecule is O=C(Cc1cccs1)N1CCN(C(=O)CN2CCOCC2)CC1. The summed E-state index contributed by atoms with van der Waals surface area (Å²) in [6, 6.07) is 3.96. The molecular formula is C16H23N3O3S. The maximum Gasteiger partial charge on any atom is 0.236 e. The predicted octanol–water partition coefficient (Wildman–Crippen LogP) is 0.294. The van der Waals surface area contributed by atoms with Crippen LogP contribution >= 0.6 is 11.3 Å². The molecular weight excluding hydrogens is 314 g/mol. The van der Waals surface area contributed by atoms with E-state index < -0.39 is 0 Å². The van der Waals surface area contributed by atoms with Gasteiger partial charge in [0.2, 0.25) is 11.8 Å². The second-order valence-electron chi connectivity index (χ2n) is 5.91. The van der Waals surface area contributed by atoms with Crippen molar-refractivity contribution >= 4 is 23.2 Å². The van der Waals surface area contributed by atoms with Gasteiger partial charge >= 0.3 is 0 Å². The maximum atomic E-state index is 12.3. The molecule has 6 nitrogen and oxygen atoms in total. The molecule has 0 atom stereocenters. The third kappa shape index (κ3) is 4.53. The molecule has 2 aliphatic heterocycles. The van der Waals surface area contributed by atoms with Crippen molar-refractivity contribution in [2.24, 2.45) is 0 Å². The average Bonchev–Trinajstić information content (AvgIpc) is 3.09. The first-order chi connectivity index (χ1) is 11.2. The van der Waals surface area contributed by atoms with Crippen LogP contribution in [0.3, 0.4) is 0 Å². The molecule has 0 radical (unpaired) electrons. The minimum atomic E-state index is 0.160. The first-order valence-electron chi connectivity index (χ1n) is 8.10. The molecule has 0 saturated carbocycles. The third-order valence-corrected chi connectivity index (χ3v) is 5.23. The molecule has 126 valence electrons. The van der Waals surface area contributed by atoms with E-state index >= 15 is 0 Å². The molecule has 2 aliphatic rings. The van der Waals surface area contributed by atoms with Gasteiger partial charge in [0.15, 0.2) is 0 Å². The lowest BCUT2D eigenvalue weighted by Crippen LogP contribution is -2.53. The third-order valence-electron chi connectivity index (χ3n) is 4.35. The summed E-state index contributed by atoms with van der Waals surface area (Å²) in [6.45, 7) is 6.08. The summed E-state index contributed by atoms with van der Waals surface area (Å²) in [7, 11) is 0. The normalized spacial score (nSPS) is 19.8. The molecule has 0 N–H and O–H groups in total. The Balaban J connectivity index is 1.42. The average molecular weight is 337 g/mol. The van der Waals surface area contributed by atoms with Gasteiger partial charge in [-0.25, -0.2) is 0 Å². The molecule has 3 rings (SSSR count). The molecule has 0 aliphatic carbocycles. The number of ether oxygens (including phenoxy) is 1. The first kappa shape index (κ1) is 16.4. The van der Waals surface area contributed by atoms with E-state index in [1.165, 1.54) is 0 Å². The molecule has 23 heavy (non-hydrogen) atoms. The minimum Gasteiger partial charge on any atom is -0.379 e. The van der Waals surface area contributed by atoms with Crippen molar-refractivity contribution in [1.82, 2.24) is 14.7 Å². The van der Waals surface area contributed by atoms with Gasteiger partial charge < -0.3 is 14.5 Å². The van der Waals surface area contributed by atoms with Crippen LogP contribution in [-0.4, -0.2) is 85.5 Å². The Morgan fingerprint density at radius 3 is 2.26 bits per heavy atom. The van der Waals surface area contributed by atoms with Gasteiger partial charge in [-0.15, -0.1) is 11.3 Å². The number of morpholine rings is 1. The highest BCUT2D eigenvalue weighted by atomic mass is 32.1. The zero-order valence-electron chi connectivity index (χ0n) is 13.3. The standard InChI is InChI=1S/C16H23N3O3S/c20-15(12-14-2-1-11-23-14)18-3-5-19(6-4-18)16(21)13-17-7-9-22-10-8-17/h1-2,11H,3-10,12-13H2. The number of thiophene rings is 1. The number of carbonyl (C=O) groups is 2. The number of nitrogens with zero attached hydrogens (tertiary/aromatic N) is 3. The van der Waals surface area contributed by atoms with Gasteiger partial charge in [0.05, 0.1) is 26.2 Å². The summed E-state index contributed by atoms with van der Waals surface area (Å²) in [5.41, 5.74) is 0. The van der Waals surface area contributed by atoms with Gasteiger partial charge in [-0.1, -0.05) is 6.07 Å². The second kappa shape index (κ2) is 7.90. The summed E-state index contributed by atoms with van der Waals surface area (Å²) in [5.74, 6) is 0.324. The molecule has 1 aromatic rings. The van der Waals surface area contributed by atoms with E-state index in [2.05, 4.69) is 4.90 Å². The van der Waals surface area contributed by atoms with Crippen molar-refractivity contribution in [3.05, 3.63) is 22.4 Å². The van der Waals surface area contributed by atoms with Crippen LogP contribution in [0.25, 0.3) is 0 Å². The fraction of sp³-hybridized carbons (Fsp3) is 0.625. The number of carbonyl (C=O) groups excluding carboxylic acids is 2. The van der Waals surface area contributed by atoms with Crippen LogP contribution in [0, 0.1) is 0 Å². The Morgan fingerprint density at radius 1 is 1.00 bits per heavy atom. The molecule has 2 fully saturated rings. The smallest absolute Gasteiger partial charge is 0.236 e. The summed E-state index contributed by atoms with van der Waals surface area (Å²) in [4.78, 5) is 31.6. The molecule has 0 unspecified atom stereocenters. The van der Waals surface area contributed by atoms with E-state index in [0.29, 0.717) is 52.4 Å². The van der Waals surface area contributed by atoms with E-state index in [-0.39, 0.29) is 11.8 Å². The number of hydrogen-bond acceptors (Lipinski definition) is 5. The fourth-order valence-corrected chi connectivity index (χ4v) is 3.63. The van der Waals surface area contributed by atoms with Crippen LogP contribution < -0.4 is 0 Å². The Morgan fingerprint density at radius 2 is 1.65 bits per heavy atom.